The standard InChI is InChI=1S/C25H31N3O5S/c1-3-33-25(31)27-12-10-17(11-13-27)26-23(29)21-18-7-4-5-8-19(18)24(30)28(14-15-32-2)22(21)20-9-6-16-34-20/h4-9,16-17,21-22H,3,10-15H2,1-2H3,(H,26,29)/t21-,22+/m0/s1. The lowest BCUT2D eigenvalue weighted by Gasteiger charge is -2.42. The Bertz CT molecular complexity index is 1000. The van der Waals surface area contributed by atoms with Crippen LogP contribution in [-0.2, 0) is 14.3 Å². The van der Waals surface area contributed by atoms with E-state index in [0.29, 0.717) is 51.3 Å². The van der Waals surface area contributed by atoms with E-state index >= 15 is 0 Å². The molecule has 0 bridgehead atoms. The average Bonchev–Trinajstić information content (AvgIpc) is 3.38. The van der Waals surface area contributed by atoms with E-state index < -0.39 is 12.0 Å². The number of ether oxygens (including phenoxy) is 2. The number of rotatable bonds is 7. The third-order valence-electron chi connectivity index (χ3n) is 6.46. The summed E-state index contributed by atoms with van der Waals surface area (Å²) < 4.78 is 10.4. The summed E-state index contributed by atoms with van der Waals surface area (Å²) in [5.74, 6) is -0.722. The average molecular weight is 486 g/mol. The van der Waals surface area contributed by atoms with Crippen molar-refractivity contribution in [2.75, 3.05) is 40.0 Å². The fourth-order valence-corrected chi connectivity index (χ4v) is 5.67. The van der Waals surface area contributed by atoms with Crippen molar-refractivity contribution in [3.05, 3.63) is 57.8 Å². The van der Waals surface area contributed by atoms with Gasteiger partial charge < -0.3 is 24.6 Å². The van der Waals surface area contributed by atoms with Crippen LogP contribution in [0.1, 0.15) is 52.5 Å². The van der Waals surface area contributed by atoms with Crippen LogP contribution >= 0.6 is 11.3 Å². The smallest absolute Gasteiger partial charge is 0.409 e. The molecule has 1 saturated heterocycles. The van der Waals surface area contributed by atoms with E-state index in [1.165, 1.54) is 0 Å². The van der Waals surface area contributed by atoms with E-state index in [1.54, 1.807) is 41.2 Å². The predicted octanol–water partition coefficient (Wildman–Crippen LogP) is 3.41. The highest BCUT2D eigenvalue weighted by Gasteiger charge is 2.45. The quantitative estimate of drug-likeness (QED) is 0.649. The fourth-order valence-electron chi connectivity index (χ4n) is 4.80. The highest BCUT2D eigenvalue weighted by Crippen LogP contribution is 2.44. The zero-order valence-electron chi connectivity index (χ0n) is 19.6. The van der Waals surface area contributed by atoms with Crippen molar-refractivity contribution in [2.24, 2.45) is 0 Å². The van der Waals surface area contributed by atoms with Gasteiger partial charge in [-0.3, -0.25) is 9.59 Å². The van der Waals surface area contributed by atoms with Gasteiger partial charge in [0.15, 0.2) is 0 Å². The molecule has 1 N–H and O–H groups in total. The molecule has 2 aromatic rings. The molecule has 3 heterocycles. The molecule has 9 heteroatoms. The number of methoxy groups -OCH3 is 1. The molecule has 0 spiro atoms. The molecule has 2 atom stereocenters. The highest BCUT2D eigenvalue weighted by atomic mass is 32.1. The molecule has 2 aliphatic rings. The number of carbonyl (C=O) groups is 3. The molecule has 0 aliphatic carbocycles. The Morgan fingerprint density at radius 1 is 1.15 bits per heavy atom. The minimum absolute atomic E-state index is 0.0422. The number of piperidine rings is 1. The summed E-state index contributed by atoms with van der Waals surface area (Å²) in [6.45, 7) is 4.00. The van der Waals surface area contributed by atoms with E-state index in [9.17, 15) is 14.4 Å². The van der Waals surface area contributed by atoms with E-state index in [-0.39, 0.29) is 23.9 Å². The summed E-state index contributed by atoms with van der Waals surface area (Å²) >= 11 is 1.55. The van der Waals surface area contributed by atoms with Gasteiger partial charge in [0.25, 0.3) is 5.91 Å². The van der Waals surface area contributed by atoms with Gasteiger partial charge in [-0.05, 0) is 42.8 Å². The van der Waals surface area contributed by atoms with Gasteiger partial charge in [-0.1, -0.05) is 24.3 Å². The molecule has 0 saturated carbocycles. The molecule has 2 aliphatic heterocycles. The maximum Gasteiger partial charge on any atom is 0.409 e. The first kappa shape index (κ1) is 24.2. The van der Waals surface area contributed by atoms with Crippen LogP contribution < -0.4 is 5.32 Å². The summed E-state index contributed by atoms with van der Waals surface area (Å²) in [4.78, 5) is 43.7. The van der Waals surface area contributed by atoms with E-state index in [4.69, 9.17) is 9.47 Å². The maximum atomic E-state index is 13.8. The number of amides is 3. The second-order valence-electron chi connectivity index (χ2n) is 8.49. The molecule has 4 rings (SSSR count). The molecule has 1 aromatic heterocycles. The number of thiophene rings is 1. The molecule has 0 unspecified atom stereocenters. The number of benzene rings is 1. The first-order valence-corrected chi connectivity index (χ1v) is 12.6. The number of hydrogen-bond acceptors (Lipinski definition) is 6. The molecule has 1 aromatic carbocycles. The molecule has 182 valence electrons. The molecule has 8 nitrogen and oxygen atoms in total. The van der Waals surface area contributed by atoms with Gasteiger partial charge in [0, 0.05) is 43.2 Å². The first-order chi connectivity index (χ1) is 16.5. The predicted molar refractivity (Wildman–Crippen MR) is 129 cm³/mol. The van der Waals surface area contributed by atoms with E-state index in [2.05, 4.69) is 5.32 Å². The lowest BCUT2D eigenvalue weighted by atomic mass is 9.81. The molecule has 0 radical (unpaired) electrons. The van der Waals surface area contributed by atoms with Gasteiger partial charge >= 0.3 is 6.09 Å². The summed E-state index contributed by atoms with van der Waals surface area (Å²) in [7, 11) is 1.61. The van der Waals surface area contributed by atoms with Crippen molar-refractivity contribution in [3.8, 4) is 0 Å². The number of nitrogens with one attached hydrogen (secondary N) is 1. The lowest BCUT2D eigenvalue weighted by Crippen LogP contribution is -2.51. The number of hydrogen-bond donors (Lipinski definition) is 1. The van der Waals surface area contributed by atoms with Crippen LogP contribution in [0, 0.1) is 0 Å². The van der Waals surface area contributed by atoms with Crippen molar-refractivity contribution in [1.82, 2.24) is 15.1 Å². The van der Waals surface area contributed by atoms with Crippen molar-refractivity contribution in [3.63, 3.8) is 0 Å². The van der Waals surface area contributed by atoms with Gasteiger partial charge in [0.05, 0.1) is 25.2 Å². The zero-order chi connectivity index (χ0) is 24.1. The van der Waals surface area contributed by atoms with Crippen molar-refractivity contribution >= 4 is 29.2 Å². The minimum Gasteiger partial charge on any atom is -0.450 e. The zero-order valence-corrected chi connectivity index (χ0v) is 20.4. The molecular weight excluding hydrogens is 454 g/mol. The van der Waals surface area contributed by atoms with Crippen molar-refractivity contribution < 1.29 is 23.9 Å². The number of likely N-dealkylation sites (tertiary alicyclic amines) is 1. The Labute approximate surface area is 203 Å². The van der Waals surface area contributed by atoms with Crippen LogP contribution in [0.4, 0.5) is 4.79 Å². The molecule has 3 amide bonds. The molecule has 34 heavy (non-hydrogen) atoms. The van der Waals surface area contributed by atoms with Gasteiger partial charge in [0.1, 0.15) is 0 Å². The highest BCUT2D eigenvalue weighted by molar-refractivity contribution is 7.10. The van der Waals surface area contributed by atoms with Crippen molar-refractivity contribution in [1.29, 1.82) is 0 Å². The third kappa shape index (κ3) is 4.95. The summed E-state index contributed by atoms with van der Waals surface area (Å²) in [5, 5.41) is 5.19. The van der Waals surface area contributed by atoms with Crippen LogP contribution in [-0.4, -0.2) is 73.7 Å². The first-order valence-electron chi connectivity index (χ1n) is 11.7. The molecule has 1 fully saturated rings. The van der Waals surface area contributed by atoms with Crippen LogP contribution in [0.3, 0.4) is 0 Å². The topological polar surface area (TPSA) is 88.2 Å². The van der Waals surface area contributed by atoms with Crippen molar-refractivity contribution in [2.45, 2.75) is 37.8 Å². The summed E-state index contributed by atoms with van der Waals surface area (Å²) in [6, 6.07) is 10.9. The Balaban J connectivity index is 1.59. The Morgan fingerprint density at radius 3 is 2.59 bits per heavy atom. The summed E-state index contributed by atoms with van der Waals surface area (Å²) in [6.07, 6.45) is 1.02. The second kappa shape index (κ2) is 11.0. The van der Waals surface area contributed by atoms with Gasteiger partial charge in [0.2, 0.25) is 5.91 Å². The number of carbonyl (C=O) groups excluding carboxylic acids is 3. The Hall–Kier alpha value is -2.91. The van der Waals surface area contributed by atoms with Crippen LogP contribution in [0.5, 0.6) is 0 Å². The van der Waals surface area contributed by atoms with Crippen LogP contribution in [0.25, 0.3) is 0 Å². The second-order valence-corrected chi connectivity index (χ2v) is 9.46. The van der Waals surface area contributed by atoms with Gasteiger partial charge in [-0.15, -0.1) is 11.3 Å². The monoisotopic (exact) mass is 485 g/mol. The SMILES string of the molecule is CCOC(=O)N1CCC(NC(=O)[C@H]2c3ccccc3C(=O)N(CCOC)[C@@H]2c2cccs2)CC1. The van der Waals surface area contributed by atoms with E-state index in [1.807, 2.05) is 35.7 Å². The molecular formula is C25H31N3O5S. The third-order valence-corrected chi connectivity index (χ3v) is 7.40. The maximum absolute atomic E-state index is 13.8. The number of nitrogens with zero attached hydrogens (tertiary/aromatic N) is 2. The van der Waals surface area contributed by atoms with E-state index in [0.717, 1.165) is 10.4 Å². The Kier molecular flexibility index (Phi) is 7.84. The fraction of sp³-hybridized carbons (Fsp3) is 0.480. The minimum atomic E-state index is -0.535. The Morgan fingerprint density at radius 2 is 1.91 bits per heavy atom. The van der Waals surface area contributed by atoms with Gasteiger partial charge in [-0.2, -0.15) is 0 Å². The lowest BCUT2D eigenvalue weighted by molar-refractivity contribution is -0.125. The normalized spacial score (nSPS) is 20.7. The van der Waals surface area contributed by atoms with Crippen LogP contribution in [0.2, 0.25) is 0 Å². The van der Waals surface area contributed by atoms with Gasteiger partial charge in [-0.25, -0.2) is 4.79 Å². The summed E-state index contributed by atoms with van der Waals surface area (Å²) in [5.41, 5.74) is 1.31. The number of fused-ring (bicyclic) bond motifs is 1. The van der Waals surface area contributed by atoms with Crippen LogP contribution in [0.15, 0.2) is 41.8 Å². The largest absolute Gasteiger partial charge is 0.450 e.